The van der Waals surface area contributed by atoms with Crippen molar-refractivity contribution < 1.29 is 15.4 Å². The molecule has 0 atom stereocenters. The summed E-state index contributed by atoms with van der Waals surface area (Å²) in [5.41, 5.74) is 7.15. The normalized spacial score (nSPS) is 12.1. The number of amidine groups is 1. The van der Waals surface area contributed by atoms with Crippen molar-refractivity contribution in [3.05, 3.63) is 35.4 Å². The molecule has 0 amide bonds. The van der Waals surface area contributed by atoms with Crippen LogP contribution < -0.4 is 5.73 Å². The van der Waals surface area contributed by atoms with E-state index in [-0.39, 0.29) is 19.0 Å². The maximum Gasteiger partial charge on any atom is 0.170 e. The molecule has 0 spiro atoms. The summed E-state index contributed by atoms with van der Waals surface area (Å²) in [7, 11) is 0. The van der Waals surface area contributed by atoms with E-state index in [1.807, 2.05) is 17.0 Å². The minimum absolute atomic E-state index is 0.0577. The summed E-state index contributed by atoms with van der Waals surface area (Å²) in [5, 5.41) is 29.3. The molecule has 5 N–H and O–H groups in total. The second kappa shape index (κ2) is 7.65. The van der Waals surface area contributed by atoms with Gasteiger partial charge in [0.1, 0.15) is 0 Å². The van der Waals surface area contributed by atoms with Crippen molar-refractivity contribution in [1.82, 2.24) is 4.90 Å². The molecule has 0 saturated heterocycles. The highest BCUT2D eigenvalue weighted by Gasteiger charge is 2.05. The standard InChI is InChI=1S/C12H19N3O3/c13-12(14-18)11-3-1-10(2-4-11)9-15(5-7-16)6-8-17/h1-4,16-18H,5-9H2,(H2,13,14). The Morgan fingerprint density at radius 1 is 1.11 bits per heavy atom. The molecule has 1 aromatic rings. The van der Waals surface area contributed by atoms with Crippen LogP contribution in [0.25, 0.3) is 0 Å². The van der Waals surface area contributed by atoms with Crippen molar-refractivity contribution in [3.8, 4) is 0 Å². The summed E-state index contributed by atoms with van der Waals surface area (Å²) in [6.07, 6.45) is 0. The van der Waals surface area contributed by atoms with Gasteiger partial charge in [0, 0.05) is 25.2 Å². The van der Waals surface area contributed by atoms with Crippen molar-refractivity contribution in [2.45, 2.75) is 6.54 Å². The van der Waals surface area contributed by atoms with Gasteiger partial charge in [-0.2, -0.15) is 0 Å². The SMILES string of the molecule is NC(=NO)c1ccc(CN(CCO)CCO)cc1. The number of hydrogen-bond acceptors (Lipinski definition) is 5. The molecule has 1 aromatic carbocycles. The van der Waals surface area contributed by atoms with Crippen LogP contribution in [0.3, 0.4) is 0 Å². The fourth-order valence-electron chi connectivity index (χ4n) is 1.65. The highest BCUT2D eigenvalue weighted by Crippen LogP contribution is 2.07. The lowest BCUT2D eigenvalue weighted by Gasteiger charge is -2.20. The van der Waals surface area contributed by atoms with Gasteiger partial charge in [-0.15, -0.1) is 0 Å². The highest BCUT2D eigenvalue weighted by atomic mass is 16.4. The van der Waals surface area contributed by atoms with Crippen molar-refractivity contribution >= 4 is 5.84 Å². The predicted octanol–water partition coefficient (Wildman–Crippen LogP) is -0.432. The Balaban J connectivity index is 2.66. The third-order valence-electron chi connectivity index (χ3n) is 2.60. The third kappa shape index (κ3) is 4.33. The predicted molar refractivity (Wildman–Crippen MR) is 68.4 cm³/mol. The molecule has 1 rings (SSSR count). The molecule has 0 aromatic heterocycles. The zero-order chi connectivity index (χ0) is 13.4. The second-order valence-electron chi connectivity index (χ2n) is 3.91. The van der Waals surface area contributed by atoms with E-state index in [2.05, 4.69) is 5.16 Å². The second-order valence-corrected chi connectivity index (χ2v) is 3.91. The maximum absolute atomic E-state index is 8.91. The van der Waals surface area contributed by atoms with Crippen LogP contribution in [-0.2, 0) is 6.54 Å². The minimum Gasteiger partial charge on any atom is -0.409 e. The lowest BCUT2D eigenvalue weighted by Crippen LogP contribution is -2.29. The number of benzene rings is 1. The van der Waals surface area contributed by atoms with Gasteiger partial charge < -0.3 is 21.2 Å². The Morgan fingerprint density at radius 3 is 2.11 bits per heavy atom. The average molecular weight is 253 g/mol. The van der Waals surface area contributed by atoms with Crippen LogP contribution in [0.15, 0.2) is 29.4 Å². The lowest BCUT2D eigenvalue weighted by atomic mass is 10.1. The number of hydrogen-bond donors (Lipinski definition) is 4. The Morgan fingerprint density at radius 2 is 1.67 bits per heavy atom. The zero-order valence-electron chi connectivity index (χ0n) is 10.2. The Kier molecular flexibility index (Phi) is 6.13. The number of rotatable bonds is 7. The van der Waals surface area contributed by atoms with E-state index < -0.39 is 0 Å². The van der Waals surface area contributed by atoms with Gasteiger partial charge in [0.25, 0.3) is 0 Å². The zero-order valence-corrected chi connectivity index (χ0v) is 10.2. The fraction of sp³-hybridized carbons (Fsp3) is 0.417. The van der Waals surface area contributed by atoms with E-state index in [9.17, 15) is 0 Å². The van der Waals surface area contributed by atoms with Crippen LogP contribution in [0.4, 0.5) is 0 Å². The fourth-order valence-corrected chi connectivity index (χ4v) is 1.65. The molecule has 100 valence electrons. The van der Waals surface area contributed by atoms with Gasteiger partial charge in [0.05, 0.1) is 13.2 Å². The lowest BCUT2D eigenvalue weighted by molar-refractivity contribution is 0.156. The summed E-state index contributed by atoms with van der Waals surface area (Å²) in [6, 6.07) is 7.27. The first-order chi connectivity index (χ1) is 8.71. The Hall–Kier alpha value is -1.63. The summed E-state index contributed by atoms with van der Waals surface area (Å²) in [6.45, 7) is 1.78. The topological polar surface area (TPSA) is 102 Å². The molecule has 0 fully saturated rings. The summed E-state index contributed by atoms with van der Waals surface area (Å²) < 4.78 is 0. The first-order valence-corrected chi connectivity index (χ1v) is 5.72. The van der Waals surface area contributed by atoms with Gasteiger partial charge in [-0.3, -0.25) is 4.90 Å². The maximum atomic E-state index is 8.91. The van der Waals surface area contributed by atoms with Gasteiger partial charge in [-0.05, 0) is 5.56 Å². The van der Waals surface area contributed by atoms with Gasteiger partial charge in [-0.1, -0.05) is 29.4 Å². The molecule has 18 heavy (non-hydrogen) atoms. The van der Waals surface area contributed by atoms with Crippen LogP contribution in [-0.4, -0.2) is 52.5 Å². The van der Waals surface area contributed by atoms with Crippen LogP contribution in [0.1, 0.15) is 11.1 Å². The smallest absolute Gasteiger partial charge is 0.170 e. The van der Waals surface area contributed by atoms with Crippen molar-refractivity contribution in [2.75, 3.05) is 26.3 Å². The van der Waals surface area contributed by atoms with E-state index in [0.717, 1.165) is 5.56 Å². The molecule has 0 aliphatic rings. The molecule has 0 saturated carbocycles. The number of aliphatic hydroxyl groups excluding tert-OH is 2. The molecule has 0 aliphatic heterocycles. The quantitative estimate of drug-likeness (QED) is 0.228. The number of nitrogens with two attached hydrogens (primary N) is 1. The Bertz CT molecular complexity index is 373. The van der Waals surface area contributed by atoms with Crippen LogP contribution in [0.2, 0.25) is 0 Å². The van der Waals surface area contributed by atoms with Gasteiger partial charge in [0.15, 0.2) is 5.84 Å². The molecule has 6 nitrogen and oxygen atoms in total. The van der Waals surface area contributed by atoms with Gasteiger partial charge in [-0.25, -0.2) is 0 Å². The van der Waals surface area contributed by atoms with Crippen molar-refractivity contribution in [1.29, 1.82) is 0 Å². The summed E-state index contributed by atoms with van der Waals surface area (Å²) >= 11 is 0. The molecule has 0 radical (unpaired) electrons. The van der Waals surface area contributed by atoms with Gasteiger partial charge in [0.2, 0.25) is 0 Å². The van der Waals surface area contributed by atoms with Crippen LogP contribution in [0.5, 0.6) is 0 Å². The summed E-state index contributed by atoms with van der Waals surface area (Å²) in [5.74, 6) is 0.0733. The summed E-state index contributed by atoms with van der Waals surface area (Å²) in [4.78, 5) is 1.94. The van der Waals surface area contributed by atoms with Crippen molar-refractivity contribution in [2.24, 2.45) is 10.9 Å². The number of aliphatic hydroxyl groups is 2. The first kappa shape index (κ1) is 14.4. The molecular weight excluding hydrogens is 234 g/mol. The molecular formula is C12H19N3O3. The molecule has 0 heterocycles. The van der Waals surface area contributed by atoms with Crippen LogP contribution in [0, 0.1) is 0 Å². The monoisotopic (exact) mass is 253 g/mol. The van der Waals surface area contributed by atoms with E-state index in [1.54, 1.807) is 12.1 Å². The van der Waals surface area contributed by atoms with E-state index in [4.69, 9.17) is 21.2 Å². The Labute approximate surface area is 106 Å². The first-order valence-electron chi connectivity index (χ1n) is 5.72. The van der Waals surface area contributed by atoms with Crippen molar-refractivity contribution in [3.63, 3.8) is 0 Å². The molecule has 6 heteroatoms. The minimum atomic E-state index is 0.0577. The van der Waals surface area contributed by atoms with E-state index in [1.165, 1.54) is 0 Å². The van der Waals surface area contributed by atoms with Crippen LogP contribution >= 0.6 is 0 Å². The number of oxime groups is 1. The third-order valence-corrected chi connectivity index (χ3v) is 2.60. The molecule has 0 bridgehead atoms. The highest BCUT2D eigenvalue weighted by molar-refractivity contribution is 5.96. The largest absolute Gasteiger partial charge is 0.409 e. The average Bonchev–Trinajstić information content (AvgIpc) is 2.39. The van der Waals surface area contributed by atoms with E-state index >= 15 is 0 Å². The number of nitrogens with zero attached hydrogens (tertiary/aromatic N) is 2. The van der Waals surface area contributed by atoms with E-state index in [0.29, 0.717) is 25.2 Å². The molecule has 0 unspecified atom stereocenters. The van der Waals surface area contributed by atoms with Gasteiger partial charge >= 0.3 is 0 Å². The molecule has 0 aliphatic carbocycles.